The highest BCUT2D eigenvalue weighted by atomic mass is 16.3. The third-order valence-electron chi connectivity index (χ3n) is 11.4. The summed E-state index contributed by atoms with van der Waals surface area (Å²) in [5.74, 6) is 1.50. The Bertz CT molecular complexity index is 3420. The van der Waals surface area contributed by atoms with Crippen LogP contribution in [0, 0.1) is 0 Å². The molecule has 0 saturated carbocycles. The van der Waals surface area contributed by atoms with Gasteiger partial charge in [0.25, 0.3) is 0 Å². The number of para-hydroxylation sites is 2. The number of nitrogens with zero attached hydrogens (tertiary/aromatic N) is 3. The van der Waals surface area contributed by atoms with Crippen molar-refractivity contribution in [1.82, 2.24) is 14.5 Å². The van der Waals surface area contributed by atoms with Crippen molar-refractivity contribution in [3.63, 3.8) is 0 Å². The Morgan fingerprint density at radius 2 is 0.857 bits per heavy atom. The third kappa shape index (κ3) is 4.53. The first kappa shape index (κ1) is 30.9. The molecule has 4 nitrogen and oxygen atoms in total. The molecular formula is C52H31N3O. The lowest BCUT2D eigenvalue weighted by molar-refractivity contribution is 0.671. The molecule has 260 valence electrons. The molecule has 0 aliphatic heterocycles. The number of benzene rings is 9. The molecule has 0 N–H and O–H groups in total. The first-order valence-corrected chi connectivity index (χ1v) is 19.0. The number of hydrogen-bond donors (Lipinski definition) is 0. The van der Waals surface area contributed by atoms with Gasteiger partial charge in [0.15, 0.2) is 5.82 Å². The van der Waals surface area contributed by atoms with E-state index < -0.39 is 0 Å². The molecule has 3 aromatic heterocycles. The van der Waals surface area contributed by atoms with Crippen LogP contribution in [0.2, 0.25) is 0 Å². The minimum atomic E-state index is 0.677. The van der Waals surface area contributed by atoms with Crippen LogP contribution in [-0.4, -0.2) is 14.5 Å². The third-order valence-corrected chi connectivity index (χ3v) is 11.4. The van der Waals surface area contributed by atoms with E-state index in [1.807, 2.05) is 18.2 Å². The van der Waals surface area contributed by atoms with Gasteiger partial charge in [-0.05, 0) is 63.0 Å². The predicted octanol–water partition coefficient (Wildman–Crippen LogP) is 13.9. The van der Waals surface area contributed by atoms with Crippen LogP contribution >= 0.6 is 0 Å². The topological polar surface area (TPSA) is 43.9 Å². The van der Waals surface area contributed by atoms with E-state index in [0.717, 1.165) is 72.5 Å². The van der Waals surface area contributed by atoms with Crippen molar-refractivity contribution in [2.45, 2.75) is 0 Å². The van der Waals surface area contributed by atoms with Gasteiger partial charge in [-0.25, -0.2) is 9.97 Å². The average molecular weight is 714 g/mol. The molecule has 0 amide bonds. The highest BCUT2D eigenvalue weighted by molar-refractivity contribution is 6.35. The molecule has 0 unspecified atom stereocenters. The summed E-state index contributed by atoms with van der Waals surface area (Å²) in [6.07, 6.45) is 0. The summed E-state index contributed by atoms with van der Waals surface area (Å²) in [6, 6.07) is 66.4. The fraction of sp³-hybridized carbons (Fsp3) is 0. The second-order valence-corrected chi connectivity index (χ2v) is 14.5. The lowest BCUT2D eigenvalue weighted by atomic mass is 9.90. The van der Waals surface area contributed by atoms with Gasteiger partial charge in [-0.1, -0.05) is 152 Å². The minimum Gasteiger partial charge on any atom is -0.455 e. The van der Waals surface area contributed by atoms with Crippen LogP contribution in [0.25, 0.3) is 116 Å². The molecule has 12 aromatic rings. The summed E-state index contributed by atoms with van der Waals surface area (Å²) in [5.41, 5.74) is 11.2. The van der Waals surface area contributed by atoms with Crippen molar-refractivity contribution in [3.8, 4) is 50.7 Å². The lowest BCUT2D eigenvalue weighted by Gasteiger charge is -2.13. The van der Waals surface area contributed by atoms with E-state index in [1.54, 1.807) is 0 Å². The van der Waals surface area contributed by atoms with Gasteiger partial charge in [0, 0.05) is 49.9 Å². The normalized spacial score (nSPS) is 11.9. The molecule has 0 fully saturated rings. The molecule has 4 heteroatoms. The number of hydrogen-bond acceptors (Lipinski definition) is 3. The van der Waals surface area contributed by atoms with Crippen LogP contribution in [0.3, 0.4) is 0 Å². The smallest absolute Gasteiger partial charge is 0.162 e. The predicted molar refractivity (Wildman–Crippen MR) is 232 cm³/mol. The summed E-state index contributed by atoms with van der Waals surface area (Å²) < 4.78 is 9.36. The highest BCUT2D eigenvalue weighted by Gasteiger charge is 2.23. The standard InChI is InChI=1S/C52H31N3O/c1-3-14-32(15-4-1)36-26-28-42-38-20-7-8-21-39(38)43-29-27-37(51-49(43)48(42)50(36)56-51)34-18-13-19-35(30-34)44-31-47(54-52(53-44)33-16-5-2-6-17-33)55-45-24-11-9-22-40(45)41-23-10-12-25-46(41)55/h1-31H. The Morgan fingerprint density at radius 1 is 0.357 bits per heavy atom. The Hall–Kier alpha value is -7.56. The SMILES string of the molecule is c1ccc(-c2nc(-c3cccc(-c4ccc5c6ccccc6c6ccc(-c7ccccc7)c7oc4c5c76)c3)cc(-n3c4ccccc4c4ccccc43)n2)cc1. The van der Waals surface area contributed by atoms with Crippen LogP contribution in [0.1, 0.15) is 0 Å². The van der Waals surface area contributed by atoms with Crippen molar-refractivity contribution < 1.29 is 4.42 Å². The molecule has 0 bridgehead atoms. The van der Waals surface area contributed by atoms with E-state index in [9.17, 15) is 0 Å². The molecule has 9 aromatic carbocycles. The van der Waals surface area contributed by atoms with Crippen molar-refractivity contribution in [2.24, 2.45) is 0 Å². The molecule has 0 spiro atoms. The van der Waals surface area contributed by atoms with Gasteiger partial charge in [0.1, 0.15) is 17.0 Å². The van der Waals surface area contributed by atoms with E-state index in [0.29, 0.717) is 5.82 Å². The van der Waals surface area contributed by atoms with Gasteiger partial charge in [-0.15, -0.1) is 0 Å². The van der Waals surface area contributed by atoms with Gasteiger partial charge in [0.05, 0.1) is 16.7 Å². The molecule has 3 heterocycles. The van der Waals surface area contributed by atoms with Crippen molar-refractivity contribution in [1.29, 1.82) is 0 Å². The Balaban J connectivity index is 1.09. The quantitative estimate of drug-likeness (QED) is 0.167. The fourth-order valence-electron chi connectivity index (χ4n) is 8.88. The van der Waals surface area contributed by atoms with Crippen LogP contribution in [-0.2, 0) is 0 Å². The maximum atomic E-state index is 7.10. The summed E-state index contributed by atoms with van der Waals surface area (Å²) in [7, 11) is 0. The lowest BCUT2D eigenvalue weighted by Crippen LogP contribution is -2.02. The fourth-order valence-corrected chi connectivity index (χ4v) is 8.88. The number of rotatable bonds is 5. The van der Waals surface area contributed by atoms with Crippen LogP contribution in [0.4, 0.5) is 0 Å². The first-order valence-electron chi connectivity index (χ1n) is 19.0. The van der Waals surface area contributed by atoms with Crippen LogP contribution in [0.15, 0.2) is 192 Å². The van der Waals surface area contributed by atoms with E-state index in [-0.39, 0.29) is 0 Å². The van der Waals surface area contributed by atoms with E-state index in [1.165, 1.54) is 37.7 Å². The van der Waals surface area contributed by atoms with Gasteiger partial charge in [-0.2, -0.15) is 0 Å². The van der Waals surface area contributed by atoms with Crippen molar-refractivity contribution >= 4 is 65.3 Å². The number of fused-ring (bicyclic) bond motifs is 6. The largest absolute Gasteiger partial charge is 0.455 e. The maximum Gasteiger partial charge on any atom is 0.162 e. The highest BCUT2D eigenvalue weighted by Crippen LogP contribution is 2.48. The summed E-state index contributed by atoms with van der Waals surface area (Å²) in [4.78, 5) is 10.5. The number of aromatic nitrogens is 3. The zero-order valence-electron chi connectivity index (χ0n) is 30.1. The summed E-state index contributed by atoms with van der Waals surface area (Å²) in [6.45, 7) is 0. The zero-order chi connectivity index (χ0) is 36.7. The van der Waals surface area contributed by atoms with Crippen LogP contribution in [0.5, 0.6) is 0 Å². The number of furan rings is 1. The molecule has 0 saturated heterocycles. The van der Waals surface area contributed by atoms with E-state index >= 15 is 0 Å². The van der Waals surface area contributed by atoms with Crippen molar-refractivity contribution in [2.75, 3.05) is 0 Å². The zero-order valence-corrected chi connectivity index (χ0v) is 30.1. The summed E-state index contributed by atoms with van der Waals surface area (Å²) >= 11 is 0. The second-order valence-electron chi connectivity index (χ2n) is 14.5. The Kier molecular flexibility index (Phi) is 6.60. The Morgan fingerprint density at radius 3 is 1.48 bits per heavy atom. The van der Waals surface area contributed by atoms with E-state index in [2.05, 4.69) is 174 Å². The van der Waals surface area contributed by atoms with Crippen LogP contribution < -0.4 is 0 Å². The van der Waals surface area contributed by atoms with E-state index in [4.69, 9.17) is 14.4 Å². The van der Waals surface area contributed by atoms with Gasteiger partial charge in [0.2, 0.25) is 0 Å². The Labute approximate surface area is 321 Å². The van der Waals surface area contributed by atoms with Gasteiger partial charge >= 0.3 is 0 Å². The molecule has 0 aliphatic carbocycles. The van der Waals surface area contributed by atoms with Gasteiger partial charge in [-0.3, -0.25) is 4.57 Å². The molecule has 56 heavy (non-hydrogen) atoms. The molecule has 12 rings (SSSR count). The van der Waals surface area contributed by atoms with Gasteiger partial charge < -0.3 is 4.42 Å². The molecule has 0 atom stereocenters. The second kappa shape index (κ2) is 12.0. The maximum absolute atomic E-state index is 7.10. The average Bonchev–Trinajstić information content (AvgIpc) is 3.84. The molecular weight excluding hydrogens is 683 g/mol. The summed E-state index contributed by atoms with van der Waals surface area (Å²) in [5, 5.41) is 9.60. The molecule has 0 radical (unpaired) electrons. The monoisotopic (exact) mass is 713 g/mol. The molecule has 0 aliphatic rings. The minimum absolute atomic E-state index is 0.677. The van der Waals surface area contributed by atoms with Crippen molar-refractivity contribution in [3.05, 3.63) is 188 Å². The first-order chi connectivity index (χ1) is 27.8.